The summed E-state index contributed by atoms with van der Waals surface area (Å²) in [6.07, 6.45) is 1.42. The van der Waals surface area contributed by atoms with E-state index < -0.39 is 15.8 Å². The molecule has 0 fully saturated rings. The van der Waals surface area contributed by atoms with Gasteiger partial charge in [-0.15, -0.1) is 11.3 Å². The van der Waals surface area contributed by atoms with E-state index in [4.69, 9.17) is 11.6 Å². The molecule has 0 aliphatic heterocycles. The Morgan fingerprint density at radius 1 is 1.13 bits per heavy atom. The molecule has 0 radical (unpaired) electrons. The molecule has 9 heteroatoms. The number of halogens is 1. The minimum absolute atomic E-state index is 0.0557. The number of hydrogen-bond acceptors (Lipinski definition) is 6. The molecular formula is C21H22ClN3O3S2. The first-order chi connectivity index (χ1) is 14.3. The van der Waals surface area contributed by atoms with Gasteiger partial charge in [-0.3, -0.25) is 4.79 Å². The summed E-state index contributed by atoms with van der Waals surface area (Å²) in [4.78, 5) is 14.7. The monoisotopic (exact) mass is 463 g/mol. The third-order valence-electron chi connectivity index (χ3n) is 4.69. The Bertz CT molecular complexity index is 1130. The average molecular weight is 464 g/mol. The molecule has 2 aromatic rings. The fourth-order valence-electron chi connectivity index (χ4n) is 2.99. The van der Waals surface area contributed by atoms with Gasteiger partial charge in [0.15, 0.2) is 0 Å². The van der Waals surface area contributed by atoms with Gasteiger partial charge in [-0.25, -0.2) is 0 Å². The number of nitrogens with one attached hydrogen (secondary N) is 1. The molecule has 0 unspecified atom stereocenters. The molecule has 0 atom stereocenters. The van der Waals surface area contributed by atoms with Gasteiger partial charge in [-0.1, -0.05) is 17.7 Å². The van der Waals surface area contributed by atoms with E-state index >= 15 is 0 Å². The number of rotatable bonds is 7. The van der Waals surface area contributed by atoms with Crippen LogP contribution in [0.5, 0.6) is 0 Å². The molecule has 30 heavy (non-hydrogen) atoms. The predicted octanol–water partition coefficient (Wildman–Crippen LogP) is 4.82. The van der Waals surface area contributed by atoms with Gasteiger partial charge in [0.05, 0.1) is 5.03 Å². The fourth-order valence-corrected chi connectivity index (χ4v) is 5.14. The van der Waals surface area contributed by atoms with E-state index in [1.54, 1.807) is 18.4 Å². The number of carbonyl (C=O) groups is 1. The van der Waals surface area contributed by atoms with Crippen LogP contribution in [-0.4, -0.2) is 33.0 Å². The molecule has 1 aliphatic rings. The highest BCUT2D eigenvalue weighted by molar-refractivity contribution is 7.92. The van der Waals surface area contributed by atoms with Crippen LogP contribution in [0.3, 0.4) is 0 Å². The van der Waals surface area contributed by atoms with Crippen LogP contribution in [0.15, 0.2) is 72.8 Å². The molecule has 1 heterocycles. The summed E-state index contributed by atoms with van der Waals surface area (Å²) in [6, 6.07) is 10.9. The lowest BCUT2D eigenvalue weighted by atomic mass is 10.0. The van der Waals surface area contributed by atoms with E-state index in [1.165, 1.54) is 12.1 Å². The van der Waals surface area contributed by atoms with Gasteiger partial charge in [0, 0.05) is 30.2 Å². The van der Waals surface area contributed by atoms with Gasteiger partial charge < -0.3 is 10.2 Å². The van der Waals surface area contributed by atoms with Crippen LogP contribution in [-0.2, 0) is 14.8 Å². The Labute approximate surface area is 185 Å². The first-order valence-electron chi connectivity index (χ1n) is 9.40. The molecule has 1 aromatic carbocycles. The number of benzene rings is 1. The molecule has 6 nitrogen and oxygen atoms in total. The van der Waals surface area contributed by atoms with E-state index in [0.717, 1.165) is 35.8 Å². The molecule has 158 valence electrons. The Balaban J connectivity index is 1.92. The topological polar surface area (TPSA) is 78.8 Å². The quantitative estimate of drug-likeness (QED) is 0.596. The van der Waals surface area contributed by atoms with Crippen molar-refractivity contribution < 1.29 is 13.2 Å². The number of ketones is 1. The normalized spacial score (nSPS) is 16.1. The van der Waals surface area contributed by atoms with Crippen molar-refractivity contribution in [3.8, 4) is 0 Å². The van der Waals surface area contributed by atoms with Crippen molar-refractivity contribution in [3.63, 3.8) is 0 Å². The zero-order valence-electron chi connectivity index (χ0n) is 16.8. The van der Waals surface area contributed by atoms with E-state index in [0.29, 0.717) is 11.3 Å². The number of nitrogens with zero attached hydrogens (tertiary/aromatic N) is 2. The molecule has 0 spiro atoms. The van der Waals surface area contributed by atoms with Crippen molar-refractivity contribution >= 4 is 55.8 Å². The van der Waals surface area contributed by atoms with Crippen LogP contribution in [0.1, 0.15) is 20.8 Å². The van der Waals surface area contributed by atoms with Gasteiger partial charge >= 0.3 is 0 Å². The molecule has 1 aliphatic carbocycles. The minimum atomic E-state index is -3.98. The van der Waals surface area contributed by atoms with Gasteiger partial charge in [0.25, 0.3) is 10.0 Å². The lowest BCUT2D eigenvalue weighted by molar-refractivity contribution is -0.109. The molecule has 0 bridgehead atoms. The fraction of sp³-hybridized carbons (Fsp3) is 0.238. The van der Waals surface area contributed by atoms with Crippen molar-refractivity contribution in [1.82, 2.24) is 0 Å². The molecule has 0 amide bonds. The third kappa shape index (κ3) is 4.66. The summed E-state index contributed by atoms with van der Waals surface area (Å²) in [6.45, 7) is 7.72. The van der Waals surface area contributed by atoms with Gasteiger partial charge in [0.2, 0.25) is 5.78 Å². The number of thiophene rings is 1. The highest BCUT2D eigenvalue weighted by Gasteiger charge is 2.27. The number of allylic oxidation sites excluding steroid dienone is 3. The van der Waals surface area contributed by atoms with Crippen molar-refractivity contribution in [2.24, 2.45) is 4.40 Å². The second kappa shape index (κ2) is 9.16. The van der Waals surface area contributed by atoms with Crippen LogP contribution >= 0.6 is 22.9 Å². The second-order valence-electron chi connectivity index (χ2n) is 6.55. The SMILES string of the molecule is CCN(CC)c1ccc(NC2=CC(=NS(=O)(=O)c3cccs3)C(=O)C(Cl)=C2C)cc1. The van der Waals surface area contributed by atoms with E-state index in [-0.39, 0.29) is 15.0 Å². The number of carbonyl (C=O) groups excluding carboxylic acids is 1. The van der Waals surface area contributed by atoms with Crippen LogP contribution in [0.4, 0.5) is 11.4 Å². The Hall–Kier alpha value is -2.42. The van der Waals surface area contributed by atoms with Gasteiger partial charge in [-0.05, 0) is 68.1 Å². The zero-order chi connectivity index (χ0) is 21.9. The Morgan fingerprint density at radius 3 is 2.37 bits per heavy atom. The molecular weight excluding hydrogens is 442 g/mol. The summed E-state index contributed by atoms with van der Waals surface area (Å²) in [5, 5.41) is 4.79. The average Bonchev–Trinajstić information content (AvgIpc) is 3.28. The lowest BCUT2D eigenvalue weighted by Gasteiger charge is -2.22. The summed E-state index contributed by atoms with van der Waals surface area (Å²) >= 11 is 7.24. The molecule has 0 saturated heterocycles. The standard InChI is InChI=1S/C21H22ClN3O3S2/c1-4-25(5-2)16-10-8-15(9-11-16)23-17-13-18(21(26)20(22)14(17)3)24-30(27,28)19-7-6-12-29-19/h6-13,23H,4-5H2,1-3H3. The molecule has 1 N–H and O–H groups in total. The highest BCUT2D eigenvalue weighted by Crippen LogP contribution is 2.28. The van der Waals surface area contributed by atoms with Crippen LogP contribution in [0.25, 0.3) is 0 Å². The van der Waals surface area contributed by atoms with E-state index in [1.807, 2.05) is 24.3 Å². The first-order valence-corrected chi connectivity index (χ1v) is 12.1. The lowest BCUT2D eigenvalue weighted by Crippen LogP contribution is -2.22. The number of Topliss-reactive ketones (excluding diaryl/α,β-unsaturated/α-hetero) is 1. The number of hydrogen-bond donors (Lipinski definition) is 1. The summed E-state index contributed by atoms with van der Waals surface area (Å²) in [7, 11) is -3.98. The van der Waals surface area contributed by atoms with Crippen molar-refractivity contribution in [3.05, 3.63) is 64.2 Å². The maximum absolute atomic E-state index is 12.5. The van der Waals surface area contributed by atoms with Crippen LogP contribution < -0.4 is 10.2 Å². The molecule has 1 aromatic heterocycles. The number of sulfonamides is 1. The third-order valence-corrected chi connectivity index (χ3v) is 7.81. The van der Waals surface area contributed by atoms with E-state index in [2.05, 4.69) is 28.5 Å². The smallest absolute Gasteiger partial charge is 0.292 e. The molecule has 3 rings (SSSR count). The Kier molecular flexibility index (Phi) is 6.80. The summed E-state index contributed by atoms with van der Waals surface area (Å²) in [5.41, 5.74) is 2.72. The van der Waals surface area contributed by atoms with Crippen LogP contribution in [0, 0.1) is 0 Å². The maximum atomic E-state index is 12.5. The largest absolute Gasteiger partial charge is 0.372 e. The molecule has 0 saturated carbocycles. The first kappa shape index (κ1) is 22.3. The minimum Gasteiger partial charge on any atom is -0.372 e. The van der Waals surface area contributed by atoms with Gasteiger partial charge in [0.1, 0.15) is 9.92 Å². The zero-order valence-corrected chi connectivity index (χ0v) is 19.2. The Morgan fingerprint density at radius 2 is 1.80 bits per heavy atom. The number of anilines is 2. The van der Waals surface area contributed by atoms with Crippen LogP contribution in [0.2, 0.25) is 0 Å². The van der Waals surface area contributed by atoms with Crippen molar-refractivity contribution in [2.45, 2.75) is 25.0 Å². The van der Waals surface area contributed by atoms with Crippen molar-refractivity contribution in [2.75, 3.05) is 23.3 Å². The maximum Gasteiger partial charge on any atom is 0.292 e. The summed E-state index contributed by atoms with van der Waals surface area (Å²) in [5.74, 6) is -0.614. The van der Waals surface area contributed by atoms with E-state index in [9.17, 15) is 13.2 Å². The predicted molar refractivity (Wildman–Crippen MR) is 124 cm³/mol. The van der Waals surface area contributed by atoms with Crippen molar-refractivity contribution in [1.29, 1.82) is 0 Å². The van der Waals surface area contributed by atoms with Gasteiger partial charge in [-0.2, -0.15) is 12.8 Å². The summed E-state index contributed by atoms with van der Waals surface area (Å²) < 4.78 is 28.8. The second-order valence-corrected chi connectivity index (χ2v) is 9.71. The highest BCUT2D eigenvalue weighted by atomic mass is 35.5.